The number of hydrogen-bond donors (Lipinski definition) is 0. The lowest BCUT2D eigenvalue weighted by Crippen LogP contribution is -2.14. The summed E-state index contributed by atoms with van der Waals surface area (Å²) in [5, 5.41) is 1.15. The molecule has 0 bridgehead atoms. The molecule has 9 aromatic rings. The van der Waals surface area contributed by atoms with Gasteiger partial charge in [-0.05, 0) is 80.9 Å². The van der Waals surface area contributed by atoms with E-state index >= 15 is 0 Å². The number of hydrogen-bond acceptors (Lipinski definition) is 3. The molecular formula is C52H37N3. The Bertz CT molecular complexity index is 2880. The summed E-state index contributed by atoms with van der Waals surface area (Å²) >= 11 is 0. The zero-order valence-corrected chi connectivity index (χ0v) is 30.7. The maximum absolute atomic E-state index is 5.40. The molecule has 0 saturated heterocycles. The molecule has 0 spiro atoms. The predicted octanol–water partition coefficient (Wildman–Crippen LogP) is 13.3. The van der Waals surface area contributed by atoms with Crippen molar-refractivity contribution in [2.45, 2.75) is 19.3 Å². The van der Waals surface area contributed by atoms with E-state index in [4.69, 9.17) is 15.0 Å². The molecule has 7 aromatic carbocycles. The molecule has 0 unspecified atom stereocenters. The van der Waals surface area contributed by atoms with Gasteiger partial charge in [-0.1, -0.05) is 166 Å². The van der Waals surface area contributed by atoms with Crippen LogP contribution in [0.4, 0.5) is 0 Å². The second-order valence-electron chi connectivity index (χ2n) is 14.9. The number of benzene rings is 7. The largest absolute Gasteiger partial charge is 0.248 e. The van der Waals surface area contributed by atoms with E-state index in [2.05, 4.69) is 190 Å². The van der Waals surface area contributed by atoms with Crippen LogP contribution in [0.2, 0.25) is 0 Å². The van der Waals surface area contributed by atoms with Crippen LogP contribution in [-0.2, 0) is 5.41 Å². The van der Waals surface area contributed by atoms with Crippen molar-refractivity contribution >= 4 is 10.9 Å². The third-order valence-corrected chi connectivity index (χ3v) is 11.1. The minimum Gasteiger partial charge on any atom is -0.248 e. The van der Waals surface area contributed by atoms with Crippen molar-refractivity contribution in [2.24, 2.45) is 0 Å². The zero-order chi connectivity index (χ0) is 36.9. The van der Waals surface area contributed by atoms with Crippen LogP contribution >= 0.6 is 0 Å². The lowest BCUT2D eigenvalue weighted by atomic mass is 9.82. The van der Waals surface area contributed by atoms with Gasteiger partial charge in [0.15, 0.2) is 5.82 Å². The van der Waals surface area contributed by atoms with Crippen LogP contribution in [0, 0.1) is 0 Å². The topological polar surface area (TPSA) is 38.7 Å². The number of fused-ring (bicyclic) bond motifs is 4. The lowest BCUT2D eigenvalue weighted by Gasteiger charge is -2.22. The summed E-state index contributed by atoms with van der Waals surface area (Å²) in [5.41, 5.74) is 17.5. The molecule has 0 radical (unpaired) electrons. The van der Waals surface area contributed by atoms with Gasteiger partial charge in [-0.15, -0.1) is 0 Å². The van der Waals surface area contributed by atoms with Gasteiger partial charge in [-0.3, -0.25) is 0 Å². The van der Waals surface area contributed by atoms with E-state index in [0.29, 0.717) is 5.82 Å². The fourth-order valence-corrected chi connectivity index (χ4v) is 8.21. The number of nitrogens with zero attached hydrogens (tertiary/aromatic N) is 3. The van der Waals surface area contributed by atoms with Gasteiger partial charge >= 0.3 is 0 Å². The highest BCUT2D eigenvalue weighted by atomic mass is 14.9. The van der Waals surface area contributed by atoms with Crippen LogP contribution in [-0.4, -0.2) is 15.0 Å². The second-order valence-corrected chi connectivity index (χ2v) is 14.9. The summed E-state index contributed by atoms with van der Waals surface area (Å²) in [5.74, 6) is 0.671. The third kappa shape index (κ3) is 5.82. The minimum atomic E-state index is -0.121. The van der Waals surface area contributed by atoms with Crippen molar-refractivity contribution in [3.8, 4) is 78.5 Å². The van der Waals surface area contributed by atoms with E-state index in [1.54, 1.807) is 0 Å². The number of aromatic nitrogens is 3. The van der Waals surface area contributed by atoms with Gasteiger partial charge in [0.2, 0.25) is 0 Å². The molecule has 260 valence electrons. The molecule has 2 aromatic heterocycles. The van der Waals surface area contributed by atoms with E-state index in [9.17, 15) is 0 Å². The highest BCUT2D eigenvalue weighted by molar-refractivity contribution is 6.01. The molecule has 0 amide bonds. The van der Waals surface area contributed by atoms with E-state index in [-0.39, 0.29) is 5.41 Å². The lowest BCUT2D eigenvalue weighted by molar-refractivity contribution is 0.661. The molecule has 0 aliphatic heterocycles. The second kappa shape index (κ2) is 13.2. The van der Waals surface area contributed by atoms with Crippen molar-refractivity contribution in [2.75, 3.05) is 0 Å². The Morgan fingerprint density at radius 3 is 1.56 bits per heavy atom. The molecule has 0 fully saturated rings. The molecule has 1 aliphatic rings. The quantitative estimate of drug-likeness (QED) is 0.173. The van der Waals surface area contributed by atoms with Crippen LogP contribution < -0.4 is 0 Å². The van der Waals surface area contributed by atoms with Crippen molar-refractivity contribution in [1.82, 2.24) is 15.0 Å². The monoisotopic (exact) mass is 703 g/mol. The van der Waals surface area contributed by atoms with Crippen LogP contribution in [0.15, 0.2) is 188 Å². The summed E-state index contributed by atoms with van der Waals surface area (Å²) in [6.45, 7) is 4.65. The van der Waals surface area contributed by atoms with Gasteiger partial charge in [0.25, 0.3) is 0 Å². The van der Waals surface area contributed by atoms with Crippen LogP contribution in [0.1, 0.15) is 25.0 Å². The molecule has 3 nitrogen and oxygen atoms in total. The Labute approximate surface area is 321 Å². The molecule has 0 N–H and O–H groups in total. The van der Waals surface area contributed by atoms with Gasteiger partial charge in [0.05, 0.1) is 22.6 Å². The average Bonchev–Trinajstić information content (AvgIpc) is 3.48. The first kappa shape index (κ1) is 32.7. The van der Waals surface area contributed by atoms with E-state index in [1.807, 2.05) is 12.1 Å². The maximum Gasteiger partial charge on any atom is 0.160 e. The summed E-state index contributed by atoms with van der Waals surface area (Å²) < 4.78 is 0. The average molecular weight is 704 g/mol. The molecule has 0 saturated carbocycles. The predicted molar refractivity (Wildman–Crippen MR) is 228 cm³/mol. The molecule has 0 atom stereocenters. The Balaban J connectivity index is 1.13. The van der Waals surface area contributed by atoms with Crippen LogP contribution in [0.5, 0.6) is 0 Å². The first-order valence-electron chi connectivity index (χ1n) is 18.9. The van der Waals surface area contributed by atoms with Gasteiger partial charge in [0, 0.05) is 33.1 Å². The van der Waals surface area contributed by atoms with E-state index in [0.717, 1.165) is 55.8 Å². The normalized spacial score (nSPS) is 12.7. The van der Waals surface area contributed by atoms with Crippen molar-refractivity contribution < 1.29 is 0 Å². The standard InChI is InChI=1S/C52H37N3/c1-52(2)45-27-13-12-26-41(45)43-30-44-42(35-18-8-4-9-19-35)31-47(53-50(44)32-46(43)52)39-24-15-25-40(29-39)51-54-48(36-20-10-5-11-21-36)33-49(55-51)38-23-14-22-37(28-38)34-16-6-3-7-17-34/h3-33H,1-2H3. The first-order valence-corrected chi connectivity index (χ1v) is 18.9. The summed E-state index contributed by atoms with van der Waals surface area (Å²) in [4.78, 5) is 15.8. The van der Waals surface area contributed by atoms with Gasteiger partial charge in [0.1, 0.15) is 0 Å². The number of pyridine rings is 1. The summed E-state index contributed by atoms with van der Waals surface area (Å²) in [7, 11) is 0. The van der Waals surface area contributed by atoms with Crippen molar-refractivity contribution in [3.63, 3.8) is 0 Å². The van der Waals surface area contributed by atoms with Crippen molar-refractivity contribution in [3.05, 3.63) is 199 Å². The van der Waals surface area contributed by atoms with Gasteiger partial charge in [-0.2, -0.15) is 0 Å². The Kier molecular flexibility index (Phi) is 7.81. The molecule has 3 heteroatoms. The van der Waals surface area contributed by atoms with Gasteiger partial charge in [-0.25, -0.2) is 15.0 Å². The van der Waals surface area contributed by atoms with Crippen LogP contribution in [0.3, 0.4) is 0 Å². The van der Waals surface area contributed by atoms with E-state index in [1.165, 1.54) is 38.9 Å². The SMILES string of the molecule is CC1(C)c2ccccc2-c2cc3c(-c4ccccc4)cc(-c4cccc(-c5nc(-c6ccccc6)cc(-c6cccc(-c7ccccc7)c6)n5)c4)nc3cc21. The van der Waals surface area contributed by atoms with Gasteiger partial charge < -0.3 is 0 Å². The molecular weight excluding hydrogens is 667 g/mol. The summed E-state index contributed by atoms with van der Waals surface area (Å²) in [6.07, 6.45) is 0. The number of rotatable bonds is 6. The minimum absolute atomic E-state index is 0.121. The fraction of sp³-hybridized carbons (Fsp3) is 0.0577. The summed E-state index contributed by atoms with van der Waals surface area (Å²) in [6, 6.07) is 66.5. The highest BCUT2D eigenvalue weighted by Crippen LogP contribution is 2.50. The highest BCUT2D eigenvalue weighted by Gasteiger charge is 2.35. The molecule has 2 heterocycles. The Morgan fingerprint density at radius 2 is 0.855 bits per heavy atom. The van der Waals surface area contributed by atoms with E-state index < -0.39 is 0 Å². The third-order valence-electron chi connectivity index (χ3n) is 11.1. The molecule has 1 aliphatic carbocycles. The maximum atomic E-state index is 5.40. The van der Waals surface area contributed by atoms with Crippen molar-refractivity contribution in [1.29, 1.82) is 0 Å². The first-order chi connectivity index (χ1) is 27.0. The Hall–Kier alpha value is -6.97. The zero-order valence-electron chi connectivity index (χ0n) is 30.7. The fourth-order valence-electron chi connectivity index (χ4n) is 8.21. The van der Waals surface area contributed by atoms with Crippen LogP contribution in [0.25, 0.3) is 89.4 Å². The molecule has 10 rings (SSSR count). The molecule has 55 heavy (non-hydrogen) atoms. The smallest absolute Gasteiger partial charge is 0.160 e. The Morgan fingerprint density at radius 1 is 0.327 bits per heavy atom.